The summed E-state index contributed by atoms with van der Waals surface area (Å²) in [5.74, 6) is 0.747. The summed E-state index contributed by atoms with van der Waals surface area (Å²) in [4.78, 5) is 0. The maximum Gasteiger partial charge on any atom is 0.119 e. The van der Waals surface area contributed by atoms with E-state index in [2.05, 4.69) is 5.32 Å². The molecule has 0 fully saturated rings. The minimum atomic E-state index is -0.570. The maximum atomic E-state index is 9.70. The number of methoxy groups -OCH3 is 1. The van der Waals surface area contributed by atoms with Gasteiger partial charge in [0.25, 0.3) is 0 Å². The fourth-order valence-electron chi connectivity index (χ4n) is 1.58. The van der Waals surface area contributed by atoms with Crippen LogP contribution in [-0.4, -0.2) is 55.8 Å². The average molecular weight is 269 g/mol. The lowest BCUT2D eigenvalue weighted by Crippen LogP contribution is -2.33. The molecular weight excluding hydrogens is 246 g/mol. The summed E-state index contributed by atoms with van der Waals surface area (Å²) in [6.45, 7) is 1.65. The molecule has 5 nitrogen and oxygen atoms in total. The normalized spacial score (nSPS) is 14.1. The number of nitrogens with one attached hydrogen (secondary N) is 1. The average Bonchev–Trinajstić information content (AvgIpc) is 2.43. The summed E-state index contributed by atoms with van der Waals surface area (Å²) >= 11 is 0. The molecule has 1 aromatic carbocycles. The van der Waals surface area contributed by atoms with Crippen LogP contribution in [0.15, 0.2) is 30.3 Å². The molecule has 0 saturated heterocycles. The molecule has 0 amide bonds. The molecule has 0 aliphatic carbocycles. The smallest absolute Gasteiger partial charge is 0.119 e. The fraction of sp³-hybridized carbons (Fsp3) is 0.571. The number of aliphatic hydroxyl groups is 2. The first-order chi connectivity index (χ1) is 9.22. The Labute approximate surface area is 114 Å². The van der Waals surface area contributed by atoms with Crippen molar-refractivity contribution in [1.82, 2.24) is 5.32 Å². The zero-order valence-electron chi connectivity index (χ0n) is 11.3. The van der Waals surface area contributed by atoms with Crippen molar-refractivity contribution in [3.63, 3.8) is 0 Å². The number of benzene rings is 1. The third-order valence-corrected chi connectivity index (χ3v) is 2.58. The highest BCUT2D eigenvalue weighted by Crippen LogP contribution is 2.08. The van der Waals surface area contributed by atoms with Crippen LogP contribution in [0.2, 0.25) is 0 Å². The van der Waals surface area contributed by atoms with Crippen LogP contribution in [-0.2, 0) is 4.74 Å². The molecule has 0 heterocycles. The molecule has 0 aromatic heterocycles. The third kappa shape index (κ3) is 7.79. The highest BCUT2D eigenvalue weighted by molar-refractivity contribution is 5.20. The molecular formula is C14H23NO4. The number of hydrogen-bond acceptors (Lipinski definition) is 5. The van der Waals surface area contributed by atoms with E-state index in [9.17, 15) is 10.2 Å². The monoisotopic (exact) mass is 269 g/mol. The molecule has 5 heteroatoms. The molecule has 0 aliphatic rings. The predicted molar refractivity (Wildman–Crippen MR) is 73.3 cm³/mol. The van der Waals surface area contributed by atoms with Crippen LogP contribution in [0.4, 0.5) is 0 Å². The SMILES string of the molecule is COCC(O)CCNCC(O)COc1ccccc1. The Kier molecular flexibility index (Phi) is 8.16. The lowest BCUT2D eigenvalue weighted by atomic mass is 10.2. The van der Waals surface area contributed by atoms with Crippen LogP contribution in [0.1, 0.15) is 6.42 Å². The van der Waals surface area contributed by atoms with E-state index in [0.29, 0.717) is 26.1 Å². The second kappa shape index (κ2) is 9.75. The van der Waals surface area contributed by atoms with E-state index in [0.717, 1.165) is 5.75 Å². The number of hydrogen-bond donors (Lipinski definition) is 3. The third-order valence-electron chi connectivity index (χ3n) is 2.58. The second-order valence-corrected chi connectivity index (χ2v) is 4.38. The van der Waals surface area contributed by atoms with Gasteiger partial charge in [0.2, 0.25) is 0 Å². The summed E-state index contributed by atoms with van der Waals surface area (Å²) in [5, 5.41) is 22.2. The van der Waals surface area contributed by atoms with E-state index in [1.807, 2.05) is 30.3 Å². The molecule has 108 valence electrons. The molecule has 2 unspecified atom stereocenters. The van der Waals surface area contributed by atoms with Crippen LogP contribution in [0.3, 0.4) is 0 Å². The Morgan fingerprint density at radius 3 is 2.53 bits per heavy atom. The summed E-state index contributed by atoms with van der Waals surface area (Å²) < 4.78 is 10.2. The van der Waals surface area contributed by atoms with Gasteiger partial charge in [-0.1, -0.05) is 18.2 Å². The zero-order valence-corrected chi connectivity index (χ0v) is 11.3. The minimum Gasteiger partial charge on any atom is -0.491 e. The first kappa shape index (κ1) is 15.9. The zero-order chi connectivity index (χ0) is 13.9. The van der Waals surface area contributed by atoms with Gasteiger partial charge >= 0.3 is 0 Å². The van der Waals surface area contributed by atoms with Crippen LogP contribution in [0.25, 0.3) is 0 Å². The van der Waals surface area contributed by atoms with Crippen molar-refractivity contribution in [3.05, 3.63) is 30.3 Å². The van der Waals surface area contributed by atoms with Gasteiger partial charge in [-0.15, -0.1) is 0 Å². The highest BCUT2D eigenvalue weighted by Gasteiger charge is 2.06. The summed E-state index contributed by atoms with van der Waals surface area (Å²) in [6, 6.07) is 9.38. The van der Waals surface area contributed by atoms with Crippen molar-refractivity contribution < 1.29 is 19.7 Å². The van der Waals surface area contributed by atoms with Crippen molar-refractivity contribution in [2.45, 2.75) is 18.6 Å². The molecule has 1 aromatic rings. The van der Waals surface area contributed by atoms with E-state index in [1.165, 1.54) is 0 Å². The van der Waals surface area contributed by atoms with Gasteiger partial charge in [0.1, 0.15) is 18.5 Å². The Balaban J connectivity index is 2.03. The Morgan fingerprint density at radius 2 is 1.84 bits per heavy atom. The summed E-state index contributed by atoms with van der Waals surface area (Å²) in [7, 11) is 1.56. The molecule has 2 atom stereocenters. The van der Waals surface area contributed by atoms with Gasteiger partial charge in [0.15, 0.2) is 0 Å². The van der Waals surface area contributed by atoms with E-state index in [4.69, 9.17) is 9.47 Å². The largest absolute Gasteiger partial charge is 0.491 e. The van der Waals surface area contributed by atoms with Gasteiger partial charge in [0.05, 0.1) is 12.7 Å². The number of para-hydroxylation sites is 1. The Bertz CT molecular complexity index is 320. The van der Waals surface area contributed by atoms with Crippen LogP contribution >= 0.6 is 0 Å². The standard InChI is InChI=1S/C14H23NO4/c1-18-10-12(16)7-8-15-9-13(17)11-19-14-5-3-2-4-6-14/h2-6,12-13,15-17H,7-11H2,1H3. The van der Waals surface area contributed by atoms with E-state index in [-0.39, 0.29) is 6.61 Å². The lowest BCUT2D eigenvalue weighted by Gasteiger charge is -2.14. The van der Waals surface area contributed by atoms with Crippen molar-refractivity contribution >= 4 is 0 Å². The van der Waals surface area contributed by atoms with Crippen LogP contribution < -0.4 is 10.1 Å². The van der Waals surface area contributed by atoms with E-state index >= 15 is 0 Å². The molecule has 0 bridgehead atoms. The molecule has 19 heavy (non-hydrogen) atoms. The fourth-order valence-corrected chi connectivity index (χ4v) is 1.58. The maximum absolute atomic E-state index is 9.70. The summed E-state index contributed by atoms with van der Waals surface area (Å²) in [6.07, 6.45) is -0.435. The van der Waals surface area contributed by atoms with Crippen molar-refractivity contribution in [2.24, 2.45) is 0 Å². The second-order valence-electron chi connectivity index (χ2n) is 4.38. The van der Waals surface area contributed by atoms with Crippen molar-refractivity contribution in [2.75, 3.05) is 33.4 Å². The van der Waals surface area contributed by atoms with Gasteiger partial charge < -0.3 is 25.0 Å². The quantitative estimate of drug-likeness (QED) is 0.537. The van der Waals surface area contributed by atoms with Gasteiger partial charge in [-0.3, -0.25) is 0 Å². The molecule has 1 rings (SSSR count). The first-order valence-corrected chi connectivity index (χ1v) is 6.46. The van der Waals surface area contributed by atoms with Gasteiger partial charge in [-0.05, 0) is 25.1 Å². The molecule has 0 radical (unpaired) electrons. The number of aliphatic hydroxyl groups excluding tert-OH is 2. The van der Waals surface area contributed by atoms with Gasteiger partial charge in [-0.25, -0.2) is 0 Å². The van der Waals surface area contributed by atoms with Crippen molar-refractivity contribution in [3.8, 4) is 5.75 Å². The molecule has 3 N–H and O–H groups in total. The number of ether oxygens (including phenoxy) is 2. The van der Waals surface area contributed by atoms with E-state index in [1.54, 1.807) is 7.11 Å². The van der Waals surface area contributed by atoms with Crippen LogP contribution in [0, 0.1) is 0 Å². The summed E-state index contributed by atoms with van der Waals surface area (Å²) in [5.41, 5.74) is 0. The molecule has 0 aliphatic heterocycles. The number of rotatable bonds is 10. The topological polar surface area (TPSA) is 71.0 Å². The Morgan fingerprint density at radius 1 is 1.11 bits per heavy atom. The highest BCUT2D eigenvalue weighted by atomic mass is 16.5. The predicted octanol–water partition coefficient (Wildman–Crippen LogP) is 0.413. The van der Waals surface area contributed by atoms with E-state index < -0.39 is 12.2 Å². The van der Waals surface area contributed by atoms with Gasteiger partial charge in [-0.2, -0.15) is 0 Å². The van der Waals surface area contributed by atoms with Gasteiger partial charge in [0, 0.05) is 13.7 Å². The molecule has 0 spiro atoms. The molecule has 0 saturated carbocycles. The van der Waals surface area contributed by atoms with Crippen molar-refractivity contribution in [1.29, 1.82) is 0 Å². The minimum absolute atomic E-state index is 0.248. The Hall–Kier alpha value is -1.14. The van der Waals surface area contributed by atoms with Crippen LogP contribution in [0.5, 0.6) is 5.75 Å². The first-order valence-electron chi connectivity index (χ1n) is 6.46. The lowest BCUT2D eigenvalue weighted by molar-refractivity contribution is 0.0577.